The first-order valence-electron chi connectivity index (χ1n) is 10.9. The van der Waals surface area contributed by atoms with Crippen LogP contribution in [0.25, 0.3) is 10.9 Å². The van der Waals surface area contributed by atoms with Crippen LogP contribution in [0.3, 0.4) is 0 Å². The molecule has 0 aliphatic carbocycles. The number of hydrogen-bond acceptors (Lipinski definition) is 6. The fraction of sp³-hybridized carbons (Fsp3) is 0.391. The minimum atomic E-state index is -0.177. The van der Waals surface area contributed by atoms with Gasteiger partial charge in [0.25, 0.3) is 5.91 Å². The summed E-state index contributed by atoms with van der Waals surface area (Å²) in [6, 6.07) is 11.5. The molecular weight excluding hydrogens is 392 g/mol. The lowest BCUT2D eigenvalue weighted by Crippen LogP contribution is -2.47. The quantitative estimate of drug-likeness (QED) is 0.450. The molecule has 0 bridgehead atoms. The lowest BCUT2D eigenvalue weighted by molar-refractivity contribution is -0.130. The van der Waals surface area contributed by atoms with Crippen LogP contribution in [0.1, 0.15) is 23.3 Å². The zero-order valence-electron chi connectivity index (χ0n) is 17.5. The van der Waals surface area contributed by atoms with Crippen LogP contribution in [0, 0.1) is 0 Å². The molecule has 2 aliphatic rings. The van der Waals surface area contributed by atoms with Crippen molar-refractivity contribution in [2.45, 2.75) is 19.4 Å². The van der Waals surface area contributed by atoms with Crippen molar-refractivity contribution in [2.75, 3.05) is 44.2 Å². The number of piperazine rings is 1. The molecule has 0 unspecified atom stereocenters. The maximum atomic E-state index is 12.9. The molecule has 0 radical (unpaired) electrons. The highest BCUT2D eigenvalue weighted by Crippen LogP contribution is 2.24. The van der Waals surface area contributed by atoms with Crippen molar-refractivity contribution in [3.63, 3.8) is 0 Å². The molecule has 8 heteroatoms. The Morgan fingerprint density at radius 1 is 0.871 bits per heavy atom. The molecule has 1 saturated heterocycles. The molecule has 1 aromatic carbocycles. The largest absolute Gasteiger partial charge is 0.338 e. The molecule has 2 aromatic heterocycles. The van der Waals surface area contributed by atoms with Gasteiger partial charge in [0.15, 0.2) is 0 Å². The SMILES string of the molecule is O=C1Cn2c(cc3ccccc32)C(=O)N1CCCCN1CCN(c2ncccn2)CC1. The van der Waals surface area contributed by atoms with Gasteiger partial charge in [0, 0.05) is 56.0 Å². The van der Waals surface area contributed by atoms with Gasteiger partial charge in [0.1, 0.15) is 12.2 Å². The van der Waals surface area contributed by atoms with Crippen LogP contribution in [0.5, 0.6) is 0 Å². The maximum absolute atomic E-state index is 12.9. The lowest BCUT2D eigenvalue weighted by atomic mass is 10.2. The molecule has 160 valence electrons. The second kappa shape index (κ2) is 8.47. The van der Waals surface area contributed by atoms with E-state index in [0.717, 1.165) is 62.4 Å². The van der Waals surface area contributed by atoms with Crippen molar-refractivity contribution in [3.8, 4) is 0 Å². The average molecular weight is 419 g/mol. The summed E-state index contributed by atoms with van der Waals surface area (Å²) in [6.07, 6.45) is 5.33. The number of imide groups is 1. The summed E-state index contributed by atoms with van der Waals surface area (Å²) in [7, 11) is 0. The van der Waals surface area contributed by atoms with E-state index < -0.39 is 0 Å². The summed E-state index contributed by atoms with van der Waals surface area (Å²) in [6.45, 7) is 5.46. The number of aromatic nitrogens is 3. The summed E-state index contributed by atoms with van der Waals surface area (Å²) in [5.41, 5.74) is 1.55. The maximum Gasteiger partial charge on any atom is 0.277 e. The van der Waals surface area contributed by atoms with Crippen LogP contribution in [-0.2, 0) is 11.3 Å². The number of carbonyl (C=O) groups excluding carboxylic acids is 2. The zero-order chi connectivity index (χ0) is 21.2. The molecule has 2 aliphatic heterocycles. The van der Waals surface area contributed by atoms with E-state index in [9.17, 15) is 9.59 Å². The minimum absolute atomic E-state index is 0.115. The normalized spacial score (nSPS) is 17.4. The Kier molecular flexibility index (Phi) is 5.38. The van der Waals surface area contributed by atoms with E-state index in [1.165, 1.54) is 4.90 Å². The van der Waals surface area contributed by atoms with Gasteiger partial charge in [0.2, 0.25) is 11.9 Å². The van der Waals surface area contributed by atoms with Gasteiger partial charge >= 0.3 is 0 Å². The highest BCUT2D eigenvalue weighted by molar-refractivity contribution is 6.09. The predicted octanol–water partition coefficient (Wildman–Crippen LogP) is 2.02. The van der Waals surface area contributed by atoms with E-state index >= 15 is 0 Å². The van der Waals surface area contributed by atoms with Gasteiger partial charge < -0.3 is 9.47 Å². The molecule has 5 rings (SSSR count). The molecular formula is C23H26N6O2. The number of nitrogens with zero attached hydrogens (tertiary/aromatic N) is 6. The molecule has 0 saturated carbocycles. The van der Waals surface area contributed by atoms with E-state index in [4.69, 9.17) is 0 Å². The van der Waals surface area contributed by atoms with Crippen LogP contribution < -0.4 is 4.90 Å². The van der Waals surface area contributed by atoms with Crippen LogP contribution in [0.15, 0.2) is 48.8 Å². The first-order valence-corrected chi connectivity index (χ1v) is 10.9. The van der Waals surface area contributed by atoms with E-state index in [-0.39, 0.29) is 18.4 Å². The zero-order valence-corrected chi connectivity index (χ0v) is 17.5. The predicted molar refractivity (Wildman–Crippen MR) is 118 cm³/mol. The molecule has 1 fully saturated rings. The summed E-state index contributed by atoms with van der Waals surface area (Å²) in [5.74, 6) is 0.501. The molecule has 8 nitrogen and oxygen atoms in total. The molecule has 3 aromatic rings. The molecule has 2 amide bonds. The Hall–Kier alpha value is -3.26. The summed E-state index contributed by atoms with van der Waals surface area (Å²) >= 11 is 0. The number of hydrogen-bond donors (Lipinski definition) is 0. The minimum Gasteiger partial charge on any atom is -0.338 e. The Balaban J connectivity index is 1.11. The third-order valence-corrected chi connectivity index (χ3v) is 6.18. The second-order valence-electron chi connectivity index (χ2n) is 8.11. The number of unbranched alkanes of at least 4 members (excludes halogenated alkanes) is 1. The van der Waals surface area contributed by atoms with E-state index in [2.05, 4.69) is 19.8 Å². The van der Waals surface area contributed by atoms with Gasteiger partial charge in [-0.15, -0.1) is 0 Å². The Labute approximate surface area is 181 Å². The molecule has 0 spiro atoms. The molecule has 0 atom stereocenters. The van der Waals surface area contributed by atoms with Crippen molar-refractivity contribution < 1.29 is 9.59 Å². The van der Waals surface area contributed by atoms with Crippen molar-refractivity contribution in [1.82, 2.24) is 24.3 Å². The van der Waals surface area contributed by atoms with Crippen molar-refractivity contribution >= 4 is 28.7 Å². The monoisotopic (exact) mass is 418 g/mol. The van der Waals surface area contributed by atoms with Crippen LogP contribution >= 0.6 is 0 Å². The van der Waals surface area contributed by atoms with Gasteiger partial charge in [-0.3, -0.25) is 19.4 Å². The summed E-state index contributed by atoms with van der Waals surface area (Å²) < 4.78 is 1.84. The number of para-hydroxylation sites is 1. The third-order valence-electron chi connectivity index (χ3n) is 6.18. The second-order valence-corrected chi connectivity index (χ2v) is 8.11. The van der Waals surface area contributed by atoms with Gasteiger partial charge in [-0.1, -0.05) is 18.2 Å². The Bertz CT molecular complexity index is 1090. The summed E-state index contributed by atoms with van der Waals surface area (Å²) in [4.78, 5) is 40.3. The highest BCUT2D eigenvalue weighted by atomic mass is 16.2. The number of fused-ring (bicyclic) bond motifs is 3. The van der Waals surface area contributed by atoms with Crippen molar-refractivity contribution in [2.24, 2.45) is 0 Å². The molecule has 4 heterocycles. The average Bonchev–Trinajstić information content (AvgIpc) is 3.18. The topological polar surface area (TPSA) is 74.6 Å². The van der Waals surface area contributed by atoms with Gasteiger partial charge in [0.05, 0.1) is 0 Å². The number of rotatable bonds is 6. The highest BCUT2D eigenvalue weighted by Gasteiger charge is 2.31. The number of benzene rings is 1. The van der Waals surface area contributed by atoms with Gasteiger partial charge in [-0.05, 0) is 37.6 Å². The fourth-order valence-corrected chi connectivity index (χ4v) is 4.49. The number of amides is 2. The molecule has 0 N–H and O–H groups in total. The first kappa shape index (κ1) is 19.7. The lowest BCUT2D eigenvalue weighted by Gasteiger charge is -2.34. The van der Waals surface area contributed by atoms with E-state index in [0.29, 0.717) is 12.2 Å². The van der Waals surface area contributed by atoms with Crippen molar-refractivity contribution in [1.29, 1.82) is 0 Å². The standard InChI is InChI=1S/C23H26N6O2/c30-21-17-29-19-7-2-1-6-18(19)16-20(29)22(31)28(21)11-4-3-10-26-12-14-27(15-13-26)23-24-8-5-9-25-23/h1-2,5-9,16H,3-4,10-15,17H2. The van der Waals surface area contributed by atoms with Crippen molar-refractivity contribution in [3.05, 3.63) is 54.5 Å². The van der Waals surface area contributed by atoms with Gasteiger partial charge in [-0.2, -0.15) is 0 Å². The fourth-order valence-electron chi connectivity index (χ4n) is 4.49. The third kappa shape index (κ3) is 3.90. The summed E-state index contributed by atoms with van der Waals surface area (Å²) in [5, 5.41) is 1.00. The van der Waals surface area contributed by atoms with Gasteiger partial charge in [-0.25, -0.2) is 9.97 Å². The smallest absolute Gasteiger partial charge is 0.277 e. The van der Waals surface area contributed by atoms with E-state index in [1.807, 2.05) is 41.0 Å². The van der Waals surface area contributed by atoms with E-state index in [1.54, 1.807) is 12.4 Å². The Morgan fingerprint density at radius 2 is 1.61 bits per heavy atom. The van der Waals surface area contributed by atoms with Crippen LogP contribution in [0.4, 0.5) is 5.95 Å². The number of carbonyl (C=O) groups is 2. The first-order chi connectivity index (χ1) is 15.2. The van der Waals surface area contributed by atoms with Crippen LogP contribution in [0.2, 0.25) is 0 Å². The number of anilines is 1. The van der Waals surface area contributed by atoms with Crippen LogP contribution in [-0.4, -0.2) is 75.4 Å². The molecule has 31 heavy (non-hydrogen) atoms. The Morgan fingerprint density at radius 3 is 2.42 bits per heavy atom.